The summed E-state index contributed by atoms with van der Waals surface area (Å²) in [5, 5.41) is 115. The number of nitrogens with one attached hydrogen (secondary N) is 10. The van der Waals surface area contributed by atoms with Crippen LogP contribution in [0.25, 0.3) is 0 Å². The first-order valence-electron chi connectivity index (χ1n) is 32.6. The molecule has 1 aromatic carbocycles. The van der Waals surface area contributed by atoms with Crippen molar-refractivity contribution in [2.75, 3.05) is 59.2 Å². The topological polar surface area (TPSA) is 609 Å². The predicted molar refractivity (Wildman–Crippen MR) is 344 cm³/mol. The van der Waals surface area contributed by atoms with Gasteiger partial charge in [-0.2, -0.15) is 0 Å². The number of hydrogen-bond acceptors (Lipinski definition) is 24. The molecule has 558 valence electrons. The lowest BCUT2D eigenvalue weighted by Gasteiger charge is -2.47. The summed E-state index contributed by atoms with van der Waals surface area (Å²) in [6, 6.07) is -0.512. The van der Waals surface area contributed by atoms with E-state index in [-0.39, 0.29) is 95.3 Å². The SMILES string of the molecule is CCC(C)C(=O)NCCCCCC(=O)N[C@@H](Cc1ccccc1)C(=O)N[C@@H](CCCCNC(=O)CCCO[C@@H]1OC(CO)[C@@H](O[C@@H]2O[C@@H](CO)[C@H](O)C(O)C2O)[C@H](O)C1NC(C)=O)C(=O)NCC(=O)N[C@@H](CCCN=C(N)N)C(=O)NCC(=O)N[C@@H](CC(=O)O)C(=O)N[C@@H](CO)C(=O)O. The van der Waals surface area contributed by atoms with Crippen LogP contribution in [0.15, 0.2) is 35.3 Å². The van der Waals surface area contributed by atoms with E-state index in [1.165, 1.54) is 0 Å². The molecule has 1 aromatic rings. The standard InChI is InChI=1S/C61H99N13O25/c1-4-32(2)53(89)65-22-11-6-9-19-43(80)71-37(25-34-15-7-5-8-16-34)56(92)73-36(55(91)68-27-44(81)70-35(18-13-23-66-61(62)63)54(90)67-28-45(82)72-38(26-46(83)84)57(93)74-39(29-75)58(94)95)17-10-12-21-64-42(79)20-14-24-96-59-47(69-33(3)78)49(86)52(41(31-77)98-59)99-60-51(88)50(87)48(85)40(30-76)97-60/h5,7-8,15-16,32,35-41,47-52,59-60,75-77,85-88H,4,6,9-14,17-31H2,1-3H3,(H,64,79)(H,65,89)(H,67,90)(H,68,91)(H,69,78)(H,70,81)(H,71,80)(H,72,82)(H,73,92)(H,74,93)(H,83,84)(H,94,95)(H4,62,63,66)/t32?,35-,36-,37-,38-,39-,40-,41?,47?,48-,49+,50?,51?,52+,59+,60-/m0/s1. The number of benzene rings is 1. The minimum atomic E-state index is -1.88. The van der Waals surface area contributed by atoms with Crippen molar-refractivity contribution in [3.05, 3.63) is 35.9 Å². The highest BCUT2D eigenvalue weighted by Gasteiger charge is 2.51. The molecule has 0 aliphatic carbocycles. The zero-order valence-corrected chi connectivity index (χ0v) is 55.5. The highest BCUT2D eigenvalue weighted by molar-refractivity contribution is 5.96. The van der Waals surface area contributed by atoms with Crippen molar-refractivity contribution in [3.63, 3.8) is 0 Å². The Morgan fingerprint density at radius 1 is 0.576 bits per heavy atom. The number of aliphatic carboxylic acids is 2. The van der Waals surface area contributed by atoms with Crippen molar-refractivity contribution < 1.29 is 122 Å². The lowest BCUT2D eigenvalue weighted by Crippen LogP contribution is -2.67. The molecule has 0 saturated carbocycles. The number of ether oxygens (including phenoxy) is 4. The van der Waals surface area contributed by atoms with Crippen LogP contribution in [0, 0.1) is 5.92 Å². The minimum Gasteiger partial charge on any atom is -0.481 e. The second-order valence-corrected chi connectivity index (χ2v) is 23.6. The molecule has 99 heavy (non-hydrogen) atoms. The van der Waals surface area contributed by atoms with Crippen molar-refractivity contribution in [1.82, 2.24) is 53.2 Å². The highest BCUT2D eigenvalue weighted by Crippen LogP contribution is 2.30. The summed E-state index contributed by atoms with van der Waals surface area (Å²) in [4.78, 5) is 159. The van der Waals surface area contributed by atoms with E-state index in [0.717, 1.165) is 6.92 Å². The summed E-state index contributed by atoms with van der Waals surface area (Å²) < 4.78 is 22.8. The average molecular weight is 1410 g/mol. The monoisotopic (exact) mass is 1410 g/mol. The molecule has 0 spiro atoms. The maximum Gasteiger partial charge on any atom is 0.328 e. The molecule has 2 aliphatic rings. The number of carboxylic acid groups (broad SMARTS) is 2. The van der Waals surface area contributed by atoms with Gasteiger partial charge in [0.1, 0.15) is 79.0 Å². The van der Waals surface area contributed by atoms with Crippen LogP contribution in [0.3, 0.4) is 0 Å². The average Bonchev–Trinajstić information content (AvgIpc) is 0.785. The largest absolute Gasteiger partial charge is 0.481 e. The van der Waals surface area contributed by atoms with Gasteiger partial charge in [0, 0.05) is 51.7 Å². The van der Waals surface area contributed by atoms with Gasteiger partial charge in [-0.05, 0) is 63.4 Å². The number of carboxylic acids is 2. The molecule has 2 heterocycles. The molecular formula is C61H99N13O25. The van der Waals surface area contributed by atoms with Gasteiger partial charge in [0.25, 0.3) is 0 Å². The fraction of sp³-hybridized carbons (Fsp3) is 0.689. The van der Waals surface area contributed by atoms with E-state index in [1.807, 2.05) is 19.2 Å². The molecule has 2 fully saturated rings. The Labute approximate surface area is 570 Å². The number of carbonyl (C=O) groups excluding carboxylic acids is 10. The quantitative estimate of drug-likeness (QED) is 0.0164. The Kier molecular flexibility index (Phi) is 38.9. The second-order valence-electron chi connectivity index (χ2n) is 23.6. The first kappa shape index (κ1) is 84.9. The molecule has 2 saturated heterocycles. The number of hydrogen-bond donors (Lipinski definition) is 21. The van der Waals surface area contributed by atoms with E-state index in [9.17, 15) is 103 Å². The minimum absolute atomic E-state index is 0.0170. The van der Waals surface area contributed by atoms with Gasteiger partial charge in [0.2, 0.25) is 59.1 Å². The molecule has 5 unspecified atom stereocenters. The number of carbonyl (C=O) groups is 12. The lowest BCUT2D eigenvalue weighted by atomic mass is 9.95. The maximum atomic E-state index is 14.3. The third-order valence-corrected chi connectivity index (χ3v) is 15.7. The van der Waals surface area contributed by atoms with Crippen molar-refractivity contribution in [2.24, 2.45) is 22.4 Å². The van der Waals surface area contributed by atoms with Gasteiger partial charge in [-0.15, -0.1) is 0 Å². The number of nitrogens with two attached hydrogens (primary N) is 2. The number of aliphatic imine (C=N–C) groups is 1. The highest BCUT2D eigenvalue weighted by atomic mass is 16.7. The third-order valence-electron chi connectivity index (χ3n) is 15.7. The van der Waals surface area contributed by atoms with E-state index in [0.29, 0.717) is 37.8 Å². The van der Waals surface area contributed by atoms with E-state index in [2.05, 4.69) is 52.8 Å². The van der Waals surface area contributed by atoms with Crippen molar-refractivity contribution >= 4 is 77.0 Å². The van der Waals surface area contributed by atoms with Crippen LogP contribution in [-0.4, -0.2) is 274 Å². The Morgan fingerprint density at radius 3 is 1.74 bits per heavy atom. The molecular weight excluding hydrogens is 1310 g/mol. The third kappa shape index (κ3) is 31.2. The lowest BCUT2D eigenvalue weighted by molar-refractivity contribution is -0.348. The molecule has 0 aromatic heterocycles. The first-order valence-corrected chi connectivity index (χ1v) is 32.6. The van der Waals surface area contributed by atoms with Crippen LogP contribution in [0.4, 0.5) is 0 Å². The molecule has 0 radical (unpaired) electrons. The van der Waals surface area contributed by atoms with Crippen LogP contribution in [0.2, 0.25) is 0 Å². The van der Waals surface area contributed by atoms with Gasteiger partial charge in [0.05, 0.1) is 45.9 Å². The zero-order valence-electron chi connectivity index (χ0n) is 55.5. The number of aliphatic hydroxyl groups excluding tert-OH is 7. The normalized spacial score (nSPS) is 22.2. The summed E-state index contributed by atoms with van der Waals surface area (Å²) in [7, 11) is 0. The molecule has 16 atom stereocenters. The summed E-state index contributed by atoms with van der Waals surface area (Å²) in [6.45, 7) is 0.693. The van der Waals surface area contributed by atoms with Gasteiger partial charge in [-0.3, -0.25) is 57.7 Å². The van der Waals surface area contributed by atoms with Gasteiger partial charge in [0.15, 0.2) is 18.5 Å². The van der Waals surface area contributed by atoms with Gasteiger partial charge in [-0.1, -0.05) is 50.6 Å². The van der Waals surface area contributed by atoms with Gasteiger partial charge >= 0.3 is 11.9 Å². The summed E-state index contributed by atoms with van der Waals surface area (Å²) in [5.74, 6) is -11.4. The molecule has 10 amide bonds. The predicted octanol–water partition coefficient (Wildman–Crippen LogP) is -7.94. The Morgan fingerprint density at radius 2 is 1.14 bits per heavy atom. The first-order chi connectivity index (χ1) is 47.0. The fourth-order valence-corrected chi connectivity index (χ4v) is 10.0. The van der Waals surface area contributed by atoms with Gasteiger partial charge in [-0.25, -0.2) is 4.79 Å². The molecule has 0 bridgehead atoms. The zero-order chi connectivity index (χ0) is 73.7. The molecule has 2 aliphatic heterocycles. The number of nitrogens with zero attached hydrogens (tertiary/aromatic N) is 1. The van der Waals surface area contributed by atoms with E-state index in [4.69, 9.17) is 30.4 Å². The number of amides is 10. The summed E-state index contributed by atoms with van der Waals surface area (Å²) in [5.41, 5.74) is 11.5. The van der Waals surface area contributed by atoms with Crippen LogP contribution in [0.1, 0.15) is 110 Å². The number of rotatable bonds is 46. The molecule has 38 heteroatoms. The van der Waals surface area contributed by atoms with E-state index >= 15 is 0 Å². The van der Waals surface area contributed by atoms with Gasteiger partial charge < -0.3 is 130 Å². The summed E-state index contributed by atoms with van der Waals surface area (Å²) in [6.07, 6.45) is -13.3. The smallest absolute Gasteiger partial charge is 0.328 e. The second kappa shape index (κ2) is 45.4. The Bertz CT molecular complexity index is 2810. The fourth-order valence-electron chi connectivity index (χ4n) is 10.0. The van der Waals surface area contributed by atoms with Crippen LogP contribution in [0.5, 0.6) is 0 Å². The number of guanidine groups is 1. The van der Waals surface area contributed by atoms with Crippen LogP contribution in [-0.2, 0) is 82.9 Å². The number of aliphatic hydroxyl groups is 7. The Balaban J connectivity index is 1.74. The molecule has 3 rings (SSSR count). The molecule has 23 N–H and O–H groups in total. The Hall–Kier alpha value is -8.31. The number of unbranched alkanes of at least 4 members (excludes halogenated alkanes) is 3. The summed E-state index contributed by atoms with van der Waals surface area (Å²) >= 11 is 0. The van der Waals surface area contributed by atoms with Crippen molar-refractivity contribution in [3.8, 4) is 0 Å². The van der Waals surface area contributed by atoms with Crippen LogP contribution < -0.4 is 64.6 Å². The molecule has 38 nitrogen and oxygen atoms in total. The van der Waals surface area contributed by atoms with Crippen LogP contribution >= 0.6 is 0 Å². The van der Waals surface area contributed by atoms with E-state index in [1.54, 1.807) is 30.3 Å². The maximum absolute atomic E-state index is 14.3. The van der Waals surface area contributed by atoms with Crippen molar-refractivity contribution in [1.29, 1.82) is 0 Å². The van der Waals surface area contributed by atoms with E-state index < -0.39 is 196 Å². The van der Waals surface area contributed by atoms with Crippen molar-refractivity contribution in [2.45, 2.75) is 202 Å².